The Balaban J connectivity index is 1.69. The molecule has 1 fully saturated rings. The van der Waals surface area contributed by atoms with Gasteiger partial charge in [-0.05, 0) is 49.2 Å². The van der Waals surface area contributed by atoms with Crippen LogP contribution in [0.4, 0.5) is 13.2 Å². The van der Waals surface area contributed by atoms with E-state index >= 15 is 0 Å². The maximum absolute atomic E-state index is 12.9. The van der Waals surface area contributed by atoms with Gasteiger partial charge >= 0.3 is 6.18 Å². The van der Waals surface area contributed by atoms with Crippen LogP contribution < -0.4 is 0 Å². The third kappa shape index (κ3) is 5.52. The number of hydrogen-bond donors (Lipinski definition) is 1. The van der Waals surface area contributed by atoms with E-state index in [-0.39, 0.29) is 46.4 Å². The highest BCUT2D eigenvalue weighted by Gasteiger charge is 2.39. The lowest BCUT2D eigenvalue weighted by Crippen LogP contribution is -2.49. The predicted molar refractivity (Wildman–Crippen MR) is 110 cm³/mol. The van der Waals surface area contributed by atoms with E-state index in [1.54, 1.807) is 0 Å². The van der Waals surface area contributed by atoms with Crippen molar-refractivity contribution in [2.45, 2.75) is 29.5 Å². The Labute approximate surface area is 187 Å². The number of carbonyl (C=O) groups is 1. The van der Waals surface area contributed by atoms with Gasteiger partial charge in [-0.3, -0.25) is 4.79 Å². The van der Waals surface area contributed by atoms with Gasteiger partial charge in [-0.15, -0.1) is 0 Å². The maximum Gasteiger partial charge on any atom is 0.416 e. The molecule has 31 heavy (non-hydrogen) atoms. The highest BCUT2D eigenvalue weighted by molar-refractivity contribution is 7.91. The molecule has 1 aliphatic heterocycles. The van der Waals surface area contributed by atoms with Gasteiger partial charge in [0, 0.05) is 18.7 Å². The number of hydrogen-bond acceptors (Lipinski definition) is 4. The van der Waals surface area contributed by atoms with Crippen molar-refractivity contribution in [3.05, 3.63) is 63.6 Å². The van der Waals surface area contributed by atoms with Crippen LogP contribution in [0.25, 0.3) is 0 Å². The Morgan fingerprint density at radius 3 is 2.29 bits per heavy atom. The topological polar surface area (TPSA) is 74.7 Å². The predicted octanol–water partition coefficient (Wildman–Crippen LogP) is 4.45. The molecule has 168 valence electrons. The van der Waals surface area contributed by atoms with E-state index in [2.05, 4.69) is 0 Å². The summed E-state index contributed by atoms with van der Waals surface area (Å²) in [5.74, 6) is -1.19. The van der Waals surface area contributed by atoms with Gasteiger partial charge in [-0.25, -0.2) is 8.42 Å². The molecule has 0 unspecified atom stereocenters. The highest BCUT2D eigenvalue weighted by atomic mass is 35.5. The second-order valence-corrected chi connectivity index (χ2v) is 10.2. The van der Waals surface area contributed by atoms with Gasteiger partial charge in [0.1, 0.15) is 0 Å². The van der Waals surface area contributed by atoms with Crippen LogP contribution in [0.15, 0.2) is 47.4 Å². The van der Waals surface area contributed by atoms with Crippen molar-refractivity contribution >= 4 is 38.9 Å². The summed E-state index contributed by atoms with van der Waals surface area (Å²) in [7, 11) is -3.89. The fourth-order valence-electron chi connectivity index (χ4n) is 3.39. The first kappa shape index (κ1) is 23.8. The monoisotopic (exact) mass is 495 g/mol. The molecule has 0 aromatic heterocycles. The number of aliphatic hydroxyl groups is 1. The SMILES string of the molecule is O=C(c1cccc(C(F)(F)F)c1)N1CCC(O)(CS(=O)(=O)c2ccc(Cl)c(Cl)c2)CC1. The minimum atomic E-state index is -4.57. The first-order valence-corrected chi connectivity index (χ1v) is 11.6. The highest BCUT2D eigenvalue weighted by Crippen LogP contribution is 2.32. The first-order chi connectivity index (χ1) is 14.3. The summed E-state index contributed by atoms with van der Waals surface area (Å²) in [4.78, 5) is 13.8. The molecule has 5 nitrogen and oxygen atoms in total. The van der Waals surface area contributed by atoms with Crippen molar-refractivity contribution in [2.75, 3.05) is 18.8 Å². The molecule has 3 rings (SSSR count). The van der Waals surface area contributed by atoms with E-state index in [1.165, 1.54) is 29.2 Å². The minimum absolute atomic E-state index is 0.00245. The minimum Gasteiger partial charge on any atom is -0.389 e. The van der Waals surface area contributed by atoms with Crippen molar-refractivity contribution in [3.63, 3.8) is 0 Å². The molecular weight excluding hydrogens is 478 g/mol. The summed E-state index contributed by atoms with van der Waals surface area (Å²) in [6.07, 6.45) is -4.66. The summed E-state index contributed by atoms with van der Waals surface area (Å²) < 4.78 is 64.0. The van der Waals surface area contributed by atoms with E-state index in [9.17, 15) is 31.5 Å². The average Bonchev–Trinajstić information content (AvgIpc) is 2.69. The third-order valence-electron chi connectivity index (χ3n) is 5.13. The number of amides is 1. The average molecular weight is 496 g/mol. The number of halogens is 5. The largest absolute Gasteiger partial charge is 0.416 e. The van der Waals surface area contributed by atoms with Crippen molar-refractivity contribution < 1.29 is 31.5 Å². The number of carbonyl (C=O) groups excluding carboxylic acids is 1. The van der Waals surface area contributed by atoms with E-state index in [1.807, 2.05) is 0 Å². The van der Waals surface area contributed by atoms with Gasteiger partial charge in [0.05, 0.1) is 31.9 Å². The lowest BCUT2D eigenvalue weighted by atomic mass is 9.93. The molecule has 0 bridgehead atoms. The molecule has 0 atom stereocenters. The van der Waals surface area contributed by atoms with Gasteiger partial charge in [0.15, 0.2) is 9.84 Å². The quantitative estimate of drug-likeness (QED) is 0.679. The molecular formula is C20H18Cl2F3NO4S. The Hall–Kier alpha value is -1.81. The number of piperidine rings is 1. The Bertz CT molecular complexity index is 1100. The molecule has 0 aliphatic carbocycles. The van der Waals surface area contributed by atoms with E-state index in [0.717, 1.165) is 18.2 Å². The van der Waals surface area contributed by atoms with Crippen LogP contribution >= 0.6 is 23.2 Å². The lowest BCUT2D eigenvalue weighted by molar-refractivity contribution is -0.137. The zero-order valence-electron chi connectivity index (χ0n) is 16.0. The zero-order chi connectivity index (χ0) is 23.0. The standard InChI is InChI=1S/C20H18Cl2F3NO4S/c21-16-5-4-15(11-17(16)22)31(29,30)12-19(28)6-8-26(9-7-19)18(27)13-2-1-3-14(10-13)20(23,24)25/h1-5,10-11,28H,6-9,12H2. The van der Waals surface area contributed by atoms with Crippen LogP contribution in [0.2, 0.25) is 10.0 Å². The number of sulfone groups is 1. The number of rotatable bonds is 4. The summed E-state index contributed by atoms with van der Waals surface area (Å²) in [6, 6.07) is 7.93. The molecule has 2 aromatic carbocycles. The number of likely N-dealkylation sites (tertiary alicyclic amines) is 1. The van der Waals surface area contributed by atoms with Crippen molar-refractivity contribution in [2.24, 2.45) is 0 Å². The van der Waals surface area contributed by atoms with Crippen LogP contribution in [0.3, 0.4) is 0 Å². The van der Waals surface area contributed by atoms with Gasteiger partial charge in [0.2, 0.25) is 0 Å². The molecule has 1 N–H and O–H groups in total. The van der Waals surface area contributed by atoms with Crippen molar-refractivity contribution in [3.8, 4) is 0 Å². The number of alkyl halides is 3. The Morgan fingerprint density at radius 1 is 1.06 bits per heavy atom. The molecule has 0 spiro atoms. The lowest BCUT2D eigenvalue weighted by Gasteiger charge is -2.38. The maximum atomic E-state index is 12.9. The second kappa shape index (κ2) is 8.61. The van der Waals surface area contributed by atoms with Crippen molar-refractivity contribution in [1.82, 2.24) is 4.90 Å². The zero-order valence-corrected chi connectivity index (χ0v) is 18.3. The molecule has 11 heteroatoms. The fourth-order valence-corrected chi connectivity index (χ4v) is 5.49. The normalized spacial score (nSPS) is 16.9. The Kier molecular flexibility index (Phi) is 6.63. The molecule has 2 aromatic rings. The van der Waals surface area contributed by atoms with Crippen LogP contribution in [-0.2, 0) is 16.0 Å². The molecule has 0 radical (unpaired) electrons. The molecule has 1 aliphatic rings. The fraction of sp³-hybridized carbons (Fsp3) is 0.350. The van der Waals surface area contributed by atoms with Gasteiger partial charge in [-0.1, -0.05) is 29.3 Å². The van der Waals surface area contributed by atoms with E-state index in [4.69, 9.17) is 23.2 Å². The molecule has 0 saturated carbocycles. The molecule has 1 saturated heterocycles. The summed E-state index contributed by atoms with van der Waals surface area (Å²) in [5.41, 5.74) is -2.64. The third-order valence-corrected chi connectivity index (χ3v) is 7.76. The van der Waals surface area contributed by atoms with E-state index < -0.39 is 38.8 Å². The van der Waals surface area contributed by atoms with Gasteiger partial charge in [-0.2, -0.15) is 13.2 Å². The molecule has 1 heterocycles. The second-order valence-electron chi connectivity index (χ2n) is 7.43. The summed E-state index contributed by atoms with van der Waals surface area (Å²) >= 11 is 11.7. The number of benzene rings is 2. The van der Waals surface area contributed by atoms with E-state index in [0.29, 0.717) is 0 Å². The first-order valence-electron chi connectivity index (χ1n) is 9.17. The molecule has 1 amide bonds. The van der Waals surface area contributed by atoms with Gasteiger partial charge in [0.25, 0.3) is 5.91 Å². The van der Waals surface area contributed by atoms with Crippen LogP contribution in [0, 0.1) is 0 Å². The summed E-state index contributed by atoms with van der Waals surface area (Å²) in [5, 5.41) is 11.0. The van der Waals surface area contributed by atoms with Gasteiger partial charge < -0.3 is 10.0 Å². The summed E-state index contributed by atoms with van der Waals surface area (Å²) in [6.45, 7) is 0.00491. The Morgan fingerprint density at radius 2 is 1.71 bits per heavy atom. The smallest absolute Gasteiger partial charge is 0.389 e. The number of nitrogens with zero attached hydrogens (tertiary/aromatic N) is 1. The van der Waals surface area contributed by atoms with Crippen molar-refractivity contribution in [1.29, 1.82) is 0 Å². The van der Waals surface area contributed by atoms with Crippen LogP contribution in [0.5, 0.6) is 0 Å². The van der Waals surface area contributed by atoms with Crippen LogP contribution in [-0.4, -0.2) is 48.8 Å². The van der Waals surface area contributed by atoms with Crippen LogP contribution in [0.1, 0.15) is 28.8 Å².